The first-order valence-electron chi connectivity index (χ1n) is 9.37. The van der Waals surface area contributed by atoms with Crippen LogP contribution in [0.3, 0.4) is 0 Å². The molecule has 0 amide bonds. The van der Waals surface area contributed by atoms with Crippen LogP contribution in [0.1, 0.15) is 22.3 Å². The van der Waals surface area contributed by atoms with Gasteiger partial charge in [-0.15, -0.1) is 0 Å². The second kappa shape index (κ2) is 7.34. The molecule has 29 heavy (non-hydrogen) atoms. The van der Waals surface area contributed by atoms with E-state index in [4.69, 9.17) is 23.2 Å². The minimum Gasteiger partial charge on any atom is -0.290 e. The fraction of sp³-hybridized carbons (Fsp3) is 0.182. The molecule has 7 heteroatoms. The molecule has 4 aromatic rings. The smallest absolute Gasteiger partial charge is 0.257 e. The zero-order valence-electron chi connectivity index (χ0n) is 15.5. The summed E-state index contributed by atoms with van der Waals surface area (Å²) < 4.78 is 1.77. The van der Waals surface area contributed by atoms with Crippen LogP contribution in [0.4, 0.5) is 0 Å². The van der Waals surface area contributed by atoms with Crippen molar-refractivity contribution in [3.8, 4) is 0 Å². The lowest BCUT2D eigenvalue weighted by atomic mass is 10.1. The van der Waals surface area contributed by atoms with Gasteiger partial charge in [0.05, 0.1) is 12.7 Å². The summed E-state index contributed by atoms with van der Waals surface area (Å²) in [6, 6.07) is 15.4. The molecule has 0 saturated heterocycles. The summed E-state index contributed by atoms with van der Waals surface area (Å²) in [4.78, 5) is 15.6. The summed E-state index contributed by atoms with van der Waals surface area (Å²) in [6.45, 7) is 2.54. The Bertz CT molecular complexity index is 1260. The zero-order valence-corrected chi connectivity index (χ0v) is 17.0. The third-order valence-corrected chi connectivity index (χ3v) is 5.88. The first-order chi connectivity index (χ1) is 14.1. The lowest BCUT2D eigenvalue weighted by Crippen LogP contribution is -2.26. The summed E-state index contributed by atoms with van der Waals surface area (Å²) >= 11 is 12.1. The first-order valence-corrected chi connectivity index (χ1v) is 10.1. The Labute approximate surface area is 177 Å². The van der Waals surface area contributed by atoms with E-state index in [9.17, 15) is 4.79 Å². The molecule has 5 rings (SSSR count). The van der Waals surface area contributed by atoms with Gasteiger partial charge in [-0.2, -0.15) is 5.10 Å². The maximum Gasteiger partial charge on any atom is 0.257 e. The Morgan fingerprint density at radius 3 is 2.52 bits per heavy atom. The van der Waals surface area contributed by atoms with Crippen molar-refractivity contribution in [3.63, 3.8) is 0 Å². The van der Waals surface area contributed by atoms with Crippen LogP contribution in [0.5, 0.6) is 0 Å². The zero-order chi connectivity index (χ0) is 20.0. The van der Waals surface area contributed by atoms with Crippen molar-refractivity contribution in [2.24, 2.45) is 0 Å². The molecule has 2 aromatic carbocycles. The highest BCUT2D eigenvalue weighted by Crippen LogP contribution is 2.28. The highest BCUT2D eigenvalue weighted by molar-refractivity contribution is 6.30. The first kappa shape index (κ1) is 18.4. The van der Waals surface area contributed by atoms with E-state index in [1.54, 1.807) is 4.57 Å². The molecule has 0 saturated carbocycles. The number of halogens is 2. The van der Waals surface area contributed by atoms with E-state index >= 15 is 0 Å². The van der Waals surface area contributed by atoms with Crippen molar-refractivity contribution in [2.75, 3.05) is 0 Å². The van der Waals surface area contributed by atoms with Crippen molar-refractivity contribution < 1.29 is 0 Å². The van der Waals surface area contributed by atoms with E-state index < -0.39 is 0 Å². The lowest BCUT2D eigenvalue weighted by Gasteiger charge is -2.14. The van der Waals surface area contributed by atoms with Crippen LogP contribution in [0.25, 0.3) is 11.0 Å². The minimum atomic E-state index is 0.0281. The summed E-state index contributed by atoms with van der Waals surface area (Å²) in [5, 5.41) is 9.63. The monoisotopic (exact) mass is 424 g/mol. The van der Waals surface area contributed by atoms with Crippen molar-refractivity contribution in [1.29, 1.82) is 0 Å². The molecule has 0 radical (unpaired) electrons. The largest absolute Gasteiger partial charge is 0.290 e. The van der Waals surface area contributed by atoms with Gasteiger partial charge in [0.1, 0.15) is 5.65 Å². The van der Waals surface area contributed by atoms with Crippen LogP contribution in [-0.2, 0) is 26.2 Å². The van der Waals surface area contributed by atoms with Crippen molar-refractivity contribution >= 4 is 34.2 Å². The topological polar surface area (TPSA) is 53.9 Å². The van der Waals surface area contributed by atoms with E-state index in [-0.39, 0.29) is 5.56 Å². The molecule has 1 N–H and O–H groups in total. The van der Waals surface area contributed by atoms with Gasteiger partial charge in [0, 0.05) is 40.6 Å². The molecule has 146 valence electrons. The van der Waals surface area contributed by atoms with Crippen molar-refractivity contribution in [2.45, 2.75) is 26.2 Å². The molecule has 0 unspecified atom stereocenters. The molecule has 1 aliphatic heterocycles. The fourth-order valence-corrected chi connectivity index (χ4v) is 4.38. The van der Waals surface area contributed by atoms with Gasteiger partial charge in [0.2, 0.25) is 0 Å². The quantitative estimate of drug-likeness (QED) is 0.520. The number of aromatic amines is 1. The molecule has 0 aliphatic carbocycles. The Hall–Kier alpha value is -2.60. The van der Waals surface area contributed by atoms with Crippen LogP contribution in [0.2, 0.25) is 10.0 Å². The van der Waals surface area contributed by atoms with Crippen LogP contribution < -0.4 is 5.56 Å². The minimum absolute atomic E-state index is 0.0281. The van der Waals surface area contributed by atoms with Gasteiger partial charge < -0.3 is 0 Å². The molecule has 0 bridgehead atoms. The molecular weight excluding hydrogens is 407 g/mol. The number of nitrogens with zero attached hydrogens (tertiary/aromatic N) is 3. The van der Waals surface area contributed by atoms with Gasteiger partial charge in [-0.1, -0.05) is 47.5 Å². The van der Waals surface area contributed by atoms with Crippen molar-refractivity contribution in [3.05, 3.63) is 97.4 Å². The molecule has 0 spiro atoms. The predicted octanol–water partition coefficient (Wildman–Crippen LogP) is 4.60. The van der Waals surface area contributed by atoms with Crippen molar-refractivity contribution in [1.82, 2.24) is 19.7 Å². The molecule has 2 aromatic heterocycles. The number of benzene rings is 2. The molecule has 3 heterocycles. The van der Waals surface area contributed by atoms with Crippen LogP contribution in [0, 0.1) is 0 Å². The maximum absolute atomic E-state index is 13.3. The van der Waals surface area contributed by atoms with Gasteiger partial charge in [0.15, 0.2) is 0 Å². The maximum atomic E-state index is 13.3. The van der Waals surface area contributed by atoms with E-state index in [2.05, 4.69) is 21.2 Å². The van der Waals surface area contributed by atoms with E-state index in [1.807, 2.05) is 48.7 Å². The van der Waals surface area contributed by atoms with E-state index in [0.717, 1.165) is 51.4 Å². The number of hydrogen-bond acceptors (Lipinski definition) is 3. The second-order valence-corrected chi connectivity index (χ2v) is 8.26. The Morgan fingerprint density at radius 2 is 1.72 bits per heavy atom. The van der Waals surface area contributed by atoms with Gasteiger partial charge in [0.25, 0.3) is 5.56 Å². The van der Waals surface area contributed by atoms with Gasteiger partial charge in [-0.05, 0) is 41.0 Å². The normalized spacial score (nSPS) is 13.9. The van der Waals surface area contributed by atoms with Crippen LogP contribution >= 0.6 is 23.2 Å². The Kier molecular flexibility index (Phi) is 4.66. The summed E-state index contributed by atoms with van der Waals surface area (Å²) in [5.41, 5.74) is 4.84. The third-order valence-electron chi connectivity index (χ3n) is 5.39. The van der Waals surface area contributed by atoms with Gasteiger partial charge >= 0.3 is 0 Å². The summed E-state index contributed by atoms with van der Waals surface area (Å²) in [6.07, 6.45) is 1.81. The van der Waals surface area contributed by atoms with Gasteiger partial charge in [-0.3, -0.25) is 19.4 Å². The predicted molar refractivity (Wildman–Crippen MR) is 115 cm³/mol. The van der Waals surface area contributed by atoms with E-state index in [0.29, 0.717) is 18.1 Å². The molecule has 0 atom stereocenters. The lowest BCUT2D eigenvalue weighted by molar-refractivity contribution is 0.275. The fourth-order valence-electron chi connectivity index (χ4n) is 4.04. The summed E-state index contributed by atoms with van der Waals surface area (Å²) in [5.74, 6) is 0. The average Bonchev–Trinajstić information content (AvgIpc) is 3.34. The number of H-pyrrole nitrogens is 1. The van der Waals surface area contributed by atoms with E-state index in [1.165, 1.54) is 0 Å². The number of rotatable bonds is 4. The molecule has 1 aliphatic rings. The van der Waals surface area contributed by atoms with Crippen LogP contribution in [-0.4, -0.2) is 19.7 Å². The van der Waals surface area contributed by atoms with Gasteiger partial charge in [-0.25, -0.2) is 0 Å². The average molecular weight is 425 g/mol. The Balaban J connectivity index is 1.51. The third kappa shape index (κ3) is 3.46. The number of fused-ring (bicyclic) bond motifs is 3. The summed E-state index contributed by atoms with van der Waals surface area (Å²) in [7, 11) is 0. The number of pyridine rings is 1. The standard InChI is InChI=1S/C22H18Cl2N4O/c23-16-6-4-14(5-7-16)11-28-21-18(9-25-26-21)19-12-27(13-20(19)22(28)29)10-15-2-1-3-17(24)8-15/h1-9H,10-13H2,(H,25,26). The SMILES string of the molecule is O=c1c2c(c3cn[nH]c3n1Cc1ccc(Cl)cc1)CN(Cc1cccc(Cl)c1)C2. The molecule has 0 fully saturated rings. The highest BCUT2D eigenvalue weighted by Gasteiger charge is 2.27. The Morgan fingerprint density at radius 1 is 0.931 bits per heavy atom. The number of aromatic nitrogens is 3. The van der Waals surface area contributed by atoms with Crippen LogP contribution in [0.15, 0.2) is 59.5 Å². The molecular formula is C22H18Cl2N4O. The number of hydrogen-bond donors (Lipinski definition) is 1. The second-order valence-electron chi connectivity index (χ2n) is 7.38. The molecule has 5 nitrogen and oxygen atoms in total. The number of nitrogens with one attached hydrogen (secondary N) is 1. The highest BCUT2D eigenvalue weighted by atomic mass is 35.5.